The Bertz CT molecular complexity index is 610. The molecule has 1 aliphatic rings. The van der Waals surface area contributed by atoms with Gasteiger partial charge in [0.25, 0.3) is 5.24 Å². The average Bonchev–Trinajstić information content (AvgIpc) is 2.97. The van der Waals surface area contributed by atoms with Gasteiger partial charge in [0.05, 0.1) is 6.61 Å². The van der Waals surface area contributed by atoms with Gasteiger partial charge in [-0.1, -0.05) is 154 Å². The first-order valence-electron chi connectivity index (χ1n) is 17.2. The summed E-state index contributed by atoms with van der Waals surface area (Å²) in [6.07, 6.45) is 20.8. The van der Waals surface area contributed by atoms with Crippen LogP contribution in [0, 0.1) is 0 Å². The molecule has 0 aliphatic carbocycles. The number of thioether (sulfide) groups is 1. The molecule has 41 heavy (non-hydrogen) atoms. The maximum Gasteiger partial charge on any atom is 0.283 e. The summed E-state index contributed by atoms with van der Waals surface area (Å²) in [4.78, 5) is 14.7. The average molecular weight is 604 g/mol. The van der Waals surface area contributed by atoms with Crippen molar-refractivity contribution in [2.24, 2.45) is 0 Å². The van der Waals surface area contributed by atoms with Crippen molar-refractivity contribution < 1.29 is 30.0 Å². The molecule has 8 heteroatoms. The second-order valence-corrected chi connectivity index (χ2v) is 13.1. The van der Waals surface area contributed by atoms with Gasteiger partial charge in [0.1, 0.15) is 24.4 Å². The highest BCUT2D eigenvalue weighted by Gasteiger charge is 2.46. The predicted octanol–water partition coefficient (Wildman–Crippen LogP) is 7.56. The molecular formula is C33H65NO6S. The summed E-state index contributed by atoms with van der Waals surface area (Å²) in [5.74, 6) is 0.706. The molecule has 0 aromatic rings. The molecule has 1 fully saturated rings. The fourth-order valence-corrected chi connectivity index (χ4v) is 6.50. The molecule has 4 N–H and O–H groups in total. The number of amides is 1. The summed E-state index contributed by atoms with van der Waals surface area (Å²) in [6, 6.07) is 0. The summed E-state index contributed by atoms with van der Waals surface area (Å²) in [5, 5.41) is 40.5. The number of nitrogens with zero attached hydrogens (tertiary/aromatic N) is 1. The van der Waals surface area contributed by atoms with E-state index in [0.717, 1.165) is 32.1 Å². The zero-order valence-corrected chi connectivity index (χ0v) is 27.3. The summed E-state index contributed by atoms with van der Waals surface area (Å²) in [7, 11) is 0. The molecular weight excluding hydrogens is 538 g/mol. The number of hydrogen-bond donors (Lipinski definition) is 4. The first-order valence-corrected chi connectivity index (χ1v) is 18.2. The summed E-state index contributed by atoms with van der Waals surface area (Å²) in [6.45, 7) is 4.39. The first-order chi connectivity index (χ1) is 20.0. The highest BCUT2D eigenvalue weighted by Crippen LogP contribution is 2.27. The SMILES string of the molecule is CCCCCCCCCCCCCCCCCCN(C(=O)SCCCCCCCC)[C@@H]1O[C@H](CO)[C@@H](O)[C@H](O)[C@H]1O. The molecule has 1 heterocycles. The first kappa shape index (κ1) is 38.6. The lowest BCUT2D eigenvalue weighted by atomic mass is 9.97. The van der Waals surface area contributed by atoms with Crippen LogP contribution < -0.4 is 0 Å². The van der Waals surface area contributed by atoms with Gasteiger partial charge in [-0.25, -0.2) is 0 Å². The van der Waals surface area contributed by atoms with Gasteiger partial charge in [-0.2, -0.15) is 0 Å². The number of carbonyl (C=O) groups excluding carboxylic acids is 1. The Morgan fingerprint density at radius 2 is 1.02 bits per heavy atom. The van der Waals surface area contributed by atoms with E-state index < -0.39 is 37.3 Å². The van der Waals surface area contributed by atoms with Gasteiger partial charge in [0, 0.05) is 12.3 Å². The topological polar surface area (TPSA) is 110 Å². The van der Waals surface area contributed by atoms with Crippen molar-refractivity contribution >= 4 is 17.0 Å². The van der Waals surface area contributed by atoms with E-state index in [4.69, 9.17) is 4.74 Å². The molecule has 1 rings (SSSR count). The number of aliphatic hydroxyl groups is 4. The molecule has 0 aromatic carbocycles. The van der Waals surface area contributed by atoms with Crippen LogP contribution in [-0.4, -0.2) is 80.1 Å². The Balaban J connectivity index is 2.33. The Labute approximate surface area is 256 Å². The van der Waals surface area contributed by atoms with Gasteiger partial charge in [0.15, 0.2) is 6.23 Å². The lowest BCUT2D eigenvalue weighted by Gasteiger charge is -2.44. The Morgan fingerprint density at radius 3 is 1.46 bits per heavy atom. The van der Waals surface area contributed by atoms with Crippen LogP contribution in [0.25, 0.3) is 0 Å². The van der Waals surface area contributed by atoms with E-state index in [2.05, 4.69) is 13.8 Å². The minimum Gasteiger partial charge on any atom is -0.394 e. The van der Waals surface area contributed by atoms with Crippen LogP contribution in [0.2, 0.25) is 0 Å². The molecule has 1 aliphatic heterocycles. The highest BCUT2D eigenvalue weighted by molar-refractivity contribution is 8.13. The van der Waals surface area contributed by atoms with Crippen LogP contribution in [-0.2, 0) is 4.74 Å². The number of rotatable bonds is 26. The molecule has 1 saturated heterocycles. The van der Waals surface area contributed by atoms with Gasteiger partial charge in [-0.15, -0.1) is 0 Å². The second-order valence-electron chi connectivity index (χ2n) is 12.1. The quantitative estimate of drug-likeness (QED) is 0.0755. The monoisotopic (exact) mass is 603 g/mol. The van der Waals surface area contributed by atoms with Crippen molar-refractivity contribution in [3.05, 3.63) is 0 Å². The zero-order chi connectivity index (χ0) is 30.1. The van der Waals surface area contributed by atoms with E-state index in [1.165, 1.54) is 126 Å². The Hall–Kier alpha value is -0.380. The maximum absolute atomic E-state index is 13.2. The van der Waals surface area contributed by atoms with Crippen molar-refractivity contribution in [2.75, 3.05) is 18.9 Å². The van der Waals surface area contributed by atoms with Crippen molar-refractivity contribution in [3.8, 4) is 0 Å². The second kappa shape index (κ2) is 26.1. The minimum atomic E-state index is -1.48. The molecule has 0 bridgehead atoms. The molecule has 1 amide bonds. The van der Waals surface area contributed by atoms with E-state index in [0.29, 0.717) is 12.3 Å². The standard InChI is InChI=1S/C33H65NO6S/c1-3-5-7-9-11-12-13-14-15-16-17-18-19-20-21-23-25-34(33(39)41-26-24-22-10-8-6-4-2)32-31(38)30(37)29(36)28(27-35)40-32/h28-32,35-38H,3-27H2,1-2H3/t28-,29-,30+,31-,32-/m1/s1. The number of unbranched alkanes of at least 4 members (excludes halogenated alkanes) is 20. The summed E-state index contributed by atoms with van der Waals surface area (Å²) >= 11 is 1.23. The maximum atomic E-state index is 13.2. The number of hydrogen-bond acceptors (Lipinski definition) is 7. The lowest BCUT2D eigenvalue weighted by molar-refractivity contribution is -0.256. The van der Waals surface area contributed by atoms with Crippen LogP contribution in [0.15, 0.2) is 0 Å². The number of carbonyl (C=O) groups is 1. The molecule has 5 atom stereocenters. The molecule has 0 spiro atoms. The minimum absolute atomic E-state index is 0.177. The summed E-state index contributed by atoms with van der Waals surface area (Å²) < 4.78 is 5.75. The van der Waals surface area contributed by atoms with E-state index in [1.54, 1.807) is 0 Å². The van der Waals surface area contributed by atoms with Crippen LogP contribution in [0.5, 0.6) is 0 Å². The van der Waals surface area contributed by atoms with Gasteiger partial charge in [0.2, 0.25) is 0 Å². The van der Waals surface area contributed by atoms with Crippen molar-refractivity contribution in [2.45, 2.75) is 186 Å². The van der Waals surface area contributed by atoms with Gasteiger partial charge < -0.3 is 30.1 Å². The molecule has 244 valence electrons. The van der Waals surface area contributed by atoms with Gasteiger partial charge in [-0.3, -0.25) is 4.79 Å². The third-order valence-electron chi connectivity index (χ3n) is 8.38. The van der Waals surface area contributed by atoms with E-state index >= 15 is 0 Å². The summed E-state index contributed by atoms with van der Waals surface area (Å²) in [5.41, 5.74) is 0. The van der Waals surface area contributed by atoms with Crippen LogP contribution in [0.4, 0.5) is 4.79 Å². The van der Waals surface area contributed by atoms with Crippen molar-refractivity contribution in [1.82, 2.24) is 4.90 Å². The normalized spacial score (nSPS) is 22.7. The Kier molecular flexibility index (Phi) is 24.6. The molecule has 7 nitrogen and oxygen atoms in total. The molecule has 0 radical (unpaired) electrons. The van der Waals surface area contributed by atoms with E-state index in [9.17, 15) is 25.2 Å². The van der Waals surface area contributed by atoms with Gasteiger partial charge in [-0.05, 0) is 12.8 Å². The van der Waals surface area contributed by atoms with Crippen LogP contribution in [0.3, 0.4) is 0 Å². The van der Waals surface area contributed by atoms with E-state index in [-0.39, 0.29) is 5.24 Å². The van der Waals surface area contributed by atoms with Crippen molar-refractivity contribution in [1.29, 1.82) is 0 Å². The third-order valence-corrected chi connectivity index (χ3v) is 9.36. The third kappa shape index (κ3) is 17.5. The zero-order valence-electron chi connectivity index (χ0n) is 26.5. The fourth-order valence-electron chi connectivity index (χ4n) is 5.62. The molecule has 0 saturated carbocycles. The number of ether oxygens (including phenoxy) is 1. The number of aliphatic hydroxyl groups excluding tert-OH is 4. The molecule has 0 unspecified atom stereocenters. The predicted molar refractivity (Wildman–Crippen MR) is 171 cm³/mol. The van der Waals surface area contributed by atoms with Gasteiger partial charge >= 0.3 is 0 Å². The van der Waals surface area contributed by atoms with Crippen LogP contribution in [0.1, 0.15) is 155 Å². The molecule has 0 aromatic heterocycles. The lowest BCUT2D eigenvalue weighted by Crippen LogP contribution is -2.63. The van der Waals surface area contributed by atoms with Crippen molar-refractivity contribution in [3.63, 3.8) is 0 Å². The van der Waals surface area contributed by atoms with Crippen LogP contribution >= 0.6 is 11.8 Å². The smallest absolute Gasteiger partial charge is 0.283 e. The highest BCUT2D eigenvalue weighted by atomic mass is 32.2. The fraction of sp³-hybridized carbons (Fsp3) is 0.970. The Morgan fingerprint density at radius 1 is 0.610 bits per heavy atom. The van der Waals surface area contributed by atoms with E-state index in [1.807, 2.05) is 0 Å². The largest absolute Gasteiger partial charge is 0.394 e.